The Morgan fingerprint density at radius 3 is 2.36 bits per heavy atom. The van der Waals surface area contributed by atoms with E-state index in [4.69, 9.17) is 0 Å². The molecular weight excluding hydrogens is 454 g/mol. The first-order chi connectivity index (χ1) is 15.6. The Bertz CT molecular complexity index is 1270. The summed E-state index contributed by atoms with van der Waals surface area (Å²) in [5.74, 6) is -1.32. The number of imidazole rings is 1. The number of rotatable bonds is 3. The molecule has 0 saturated heterocycles. The van der Waals surface area contributed by atoms with E-state index in [2.05, 4.69) is 15.1 Å². The Kier molecular flexibility index (Phi) is 6.42. The second kappa shape index (κ2) is 8.92. The summed E-state index contributed by atoms with van der Waals surface area (Å²) in [6.07, 6.45) is -5.51. The van der Waals surface area contributed by atoms with Gasteiger partial charge < -0.3 is 5.32 Å². The number of pyridine rings is 2. The fraction of sp³-hybridized carbons (Fsp3) is 0.200. The van der Waals surface area contributed by atoms with Crippen LogP contribution in [0.2, 0.25) is 0 Å². The van der Waals surface area contributed by atoms with E-state index in [1.54, 1.807) is 6.07 Å². The highest BCUT2D eigenvalue weighted by Gasteiger charge is 2.41. The Morgan fingerprint density at radius 1 is 0.970 bits per heavy atom. The van der Waals surface area contributed by atoms with Crippen LogP contribution in [0.5, 0.6) is 0 Å². The van der Waals surface area contributed by atoms with Gasteiger partial charge in [0.2, 0.25) is 0 Å². The Labute approximate surface area is 182 Å². The van der Waals surface area contributed by atoms with E-state index >= 15 is 0 Å². The highest BCUT2D eigenvalue weighted by molar-refractivity contribution is 6.05. The van der Waals surface area contributed by atoms with Crippen molar-refractivity contribution in [2.75, 3.05) is 5.32 Å². The van der Waals surface area contributed by atoms with Crippen molar-refractivity contribution in [3.05, 3.63) is 72.1 Å². The van der Waals surface area contributed by atoms with Gasteiger partial charge in [0.25, 0.3) is 5.91 Å². The fourth-order valence-electron chi connectivity index (χ4n) is 2.93. The molecule has 0 unspecified atom stereocenters. The molecule has 13 heteroatoms. The van der Waals surface area contributed by atoms with Crippen molar-refractivity contribution in [1.29, 1.82) is 0 Å². The molecule has 0 fully saturated rings. The van der Waals surface area contributed by atoms with E-state index in [-0.39, 0.29) is 11.5 Å². The molecule has 0 aliphatic rings. The molecule has 33 heavy (non-hydrogen) atoms. The van der Waals surface area contributed by atoms with Crippen LogP contribution in [0, 0.1) is 0 Å². The van der Waals surface area contributed by atoms with Crippen LogP contribution in [-0.4, -0.2) is 30.1 Å². The maximum absolute atomic E-state index is 13.8. The summed E-state index contributed by atoms with van der Waals surface area (Å²) < 4.78 is 81.8. The first-order valence-corrected chi connectivity index (χ1v) is 9.48. The first kappa shape index (κ1) is 23.8. The molecular formula is C20H16F6N6O. The third-order valence-corrected chi connectivity index (χ3v) is 4.21. The minimum Gasteiger partial charge on any atom is -0.322 e. The van der Waals surface area contributed by atoms with Crippen LogP contribution < -0.4 is 5.32 Å². The molecule has 0 bridgehead atoms. The van der Waals surface area contributed by atoms with Gasteiger partial charge in [-0.3, -0.25) is 14.2 Å². The number of aromatic nitrogens is 5. The lowest BCUT2D eigenvalue weighted by Gasteiger charge is -2.14. The van der Waals surface area contributed by atoms with Crippen molar-refractivity contribution in [2.24, 2.45) is 0 Å². The molecule has 0 atom stereocenters. The molecule has 0 saturated carbocycles. The van der Waals surface area contributed by atoms with Gasteiger partial charge in [-0.1, -0.05) is 19.9 Å². The van der Waals surface area contributed by atoms with E-state index in [1.165, 1.54) is 28.9 Å². The van der Waals surface area contributed by atoms with Crippen LogP contribution in [-0.2, 0) is 12.4 Å². The molecule has 4 heterocycles. The highest BCUT2D eigenvalue weighted by Crippen LogP contribution is 2.34. The van der Waals surface area contributed by atoms with E-state index in [0.717, 1.165) is 12.3 Å². The van der Waals surface area contributed by atoms with E-state index in [9.17, 15) is 31.1 Å². The molecule has 0 aliphatic heterocycles. The number of nitrogens with zero attached hydrogens (tertiary/aromatic N) is 5. The molecule has 4 rings (SSSR count). The SMILES string of the molecule is CC.O=C(Nc1ccnc(C(F)(F)F)c1)c1cnn(-c2cccc3nccn23)c1C(F)(F)F. The van der Waals surface area contributed by atoms with Crippen molar-refractivity contribution in [2.45, 2.75) is 26.2 Å². The first-order valence-electron chi connectivity index (χ1n) is 9.48. The standard InChI is InChI=1S/C18H10F6N6O.C2H6/c19-17(20,21)12-8-10(4-5-25-12)28-16(31)11-9-27-30(15(11)18(22,23)24)14-3-1-2-13-26-6-7-29(13)14;1-2/h1-9H,(H,25,28,31);1-2H3. The normalized spacial score (nSPS) is 11.8. The number of halogens is 6. The molecule has 0 radical (unpaired) electrons. The molecule has 4 aromatic heterocycles. The number of anilines is 1. The quantitative estimate of drug-likeness (QED) is 0.416. The zero-order valence-corrected chi connectivity index (χ0v) is 17.1. The largest absolute Gasteiger partial charge is 0.434 e. The number of hydrogen-bond donors (Lipinski definition) is 1. The van der Waals surface area contributed by atoms with Crippen LogP contribution >= 0.6 is 0 Å². The van der Waals surface area contributed by atoms with Crippen molar-refractivity contribution in [1.82, 2.24) is 24.1 Å². The summed E-state index contributed by atoms with van der Waals surface area (Å²) in [7, 11) is 0. The zero-order chi connectivity index (χ0) is 24.4. The summed E-state index contributed by atoms with van der Waals surface area (Å²) in [5, 5.41) is 5.73. The summed E-state index contributed by atoms with van der Waals surface area (Å²) in [4.78, 5) is 19.6. The van der Waals surface area contributed by atoms with E-state index in [1.807, 2.05) is 19.2 Å². The zero-order valence-electron chi connectivity index (χ0n) is 17.1. The predicted molar refractivity (Wildman–Crippen MR) is 106 cm³/mol. The predicted octanol–water partition coefficient (Wildman–Crippen LogP) is 5.23. The molecule has 1 N–H and O–H groups in total. The lowest BCUT2D eigenvalue weighted by Crippen LogP contribution is -2.21. The van der Waals surface area contributed by atoms with E-state index < -0.39 is 35.2 Å². The lowest BCUT2D eigenvalue weighted by atomic mass is 10.2. The van der Waals surface area contributed by atoms with Crippen molar-refractivity contribution >= 4 is 17.2 Å². The van der Waals surface area contributed by atoms with Gasteiger partial charge in [0.05, 0.1) is 11.8 Å². The van der Waals surface area contributed by atoms with Gasteiger partial charge in [-0.15, -0.1) is 0 Å². The summed E-state index contributed by atoms with van der Waals surface area (Å²) in [6.45, 7) is 4.00. The number of hydrogen-bond acceptors (Lipinski definition) is 4. The van der Waals surface area contributed by atoms with Gasteiger partial charge in [-0.25, -0.2) is 9.67 Å². The average molecular weight is 470 g/mol. The molecule has 1 amide bonds. The highest BCUT2D eigenvalue weighted by atomic mass is 19.4. The monoisotopic (exact) mass is 470 g/mol. The molecule has 0 aliphatic carbocycles. The number of alkyl halides is 6. The Balaban J connectivity index is 0.00000149. The van der Waals surface area contributed by atoms with Gasteiger partial charge in [-0.2, -0.15) is 31.4 Å². The van der Waals surface area contributed by atoms with Crippen LogP contribution in [0.15, 0.2) is 55.1 Å². The maximum Gasteiger partial charge on any atom is 0.434 e. The summed E-state index contributed by atoms with van der Waals surface area (Å²) in [6, 6.07) is 5.92. The number of amides is 1. The van der Waals surface area contributed by atoms with Gasteiger partial charge >= 0.3 is 12.4 Å². The number of carbonyl (C=O) groups excluding carboxylic acids is 1. The molecule has 0 spiro atoms. The number of carbonyl (C=O) groups is 1. The van der Waals surface area contributed by atoms with Crippen molar-refractivity contribution in [3.63, 3.8) is 0 Å². The minimum atomic E-state index is -5.00. The van der Waals surface area contributed by atoms with E-state index in [0.29, 0.717) is 22.6 Å². The van der Waals surface area contributed by atoms with Gasteiger partial charge in [-0.05, 0) is 24.3 Å². The van der Waals surface area contributed by atoms with Crippen LogP contribution in [0.3, 0.4) is 0 Å². The Hall–Kier alpha value is -3.90. The molecule has 7 nitrogen and oxygen atoms in total. The maximum atomic E-state index is 13.8. The fourth-order valence-corrected chi connectivity index (χ4v) is 2.93. The average Bonchev–Trinajstić information content (AvgIpc) is 3.42. The third kappa shape index (κ3) is 4.81. The van der Waals surface area contributed by atoms with Crippen molar-refractivity contribution < 1.29 is 31.1 Å². The second-order valence-corrected chi connectivity index (χ2v) is 6.24. The molecule has 0 aromatic carbocycles. The van der Waals surface area contributed by atoms with Gasteiger partial charge in [0.15, 0.2) is 5.69 Å². The number of fused-ring (bicyclic) bond motifs is 1. The van der Waals surface area contributed by atoms with Crippen LogP contribution in [0.1, 0.15) is 35.6 Å². The summed E-state index contributed by atoms with van der Waals surface area (Å²) >= 11 is 0. The minimum absolute atomic E-state index is 0.0374. The number of nitrogens with one attached hydrogen (secondary N) is 1. The Morgan fingerprint density at radius 2 is 1.70 bits per heavy atom. The van der Waals surface area contributed by atoms with Gasteiger partial charge in [0.1, 0.15) is 17.2 Å². The van der Waals surface area contributed by atoms with Crippen molar-refractivity contribution in [3.8, 4) is 5.82 Å². The molecule has 4 aromatic rings. The van der Waals surface area contributed by atoms with Crippen LogP contribution in [0.25, 0.3) is 11.5 Å². The second-order valence-electron chi connectivity index (χ2n) is 6.24. The lowest BCUT2D eigenvalue weighted by molar-refractivity contribution is -0.143. The third-order valence-electron chi connectivity index (χ3n) is 4.21. The molecule has 174 valence electrons. The summed E-state index contributed by atoms with van der Waals surface area (Å²) in [5.41, 5.74) is -3.58. The van der Waals surface area contributed by atoms with Crippen LogP contribution in [0.4, 0.5) is 32.0 Å². The van der Waals surface area contributed by atoms with Gasteiger partial charge in [0, 0.05) is 24.3 Å². The smallest absolute Gasteiger partial charge is 0.322 e. The topological polar surface area (TPSA) is 77.1 Å².